The maximum atomic E-state index is 13.7. The molecule has 0 spiro atoms. The minimum absolute atomic E-state index is 0.120. The summed E-state index contributed by atoms with van der Waals surface area (Å²) in [6, 6.07) is 7.47. The molecule has 1 aromatic heterocycles. The van der Waals surface area contributed by atoms with Crippen molar-refractivity contribution in [1.29, 1.82) is 0 Å². The Kier molecular flexibility index (Phi) is 3.43. The highest BCUT2D eigenvalue weighted by Crippen LogP contribution is 2.25. The van der Waals surface area contributed by atoms with Gasteiger partial charge in [-0.3, -0.25) is 4.98 Å². The number of aryl methyl sites for hydroxylation is 1. The summed E-state index contributed by atoms with van der Waals surface area (Å²) in [5, 5.41) is 8.90. The molecule has 3 nitrogen and oxygen atoms in total. The Morgan fingerprint density at radius 3 is 2.67 bits per heavy atom. The first kappa shape index (κ1) is 12.7. The van der Waals surface area contributed by atoms with Gasteiger partial charge in [0, 0.05) is 10.0 Å². The zero-order chi connectivity index (χ0) is 13.3. The van der Waals surface area contributed by atoms with Gasteiger partial charge in [-0.1, -0.05) is 15.9 Å². The molecule has 0 aliphatic rings. The number of halogens is 2. The number of carboxylic acids is 1. The number of aromatic carboxylic acids is 1. The highest BCUT2D eigenvalue weighted by atomic mass is 79.9. The Morgan fingerprint density at radius 2 is 2.06 bits per heavy atom. The number of carboxylic acid groups (broad SMARTS) is 1. The lowest BCUT2D eigenvalue weighted by Crippen LogP contribution is -2.02. The molecule has 0 aliphatic heterocycles. The zero-order valence-electron chi connectivity index (χ0n) is 9.45. The predicted octanol–water partition coefficient (Wildman–Crippen LogP) is 3.66. The van der Waals surface area contributed by atoms with Crippen LogP contribution in [-0.2, 0) is 0 Å². The Bertz CT molecular complexity index is 628. The summed E-state index contributed by atoms with van der Waals surface area (Å²) in [7, 11) is 0. The van der Waals surface area contributed by atoms with Crippen molar-refractivity contribution in [3.63, 3.8) is 0 Å². The van der Waals surface area contributed by atoms with E-state index in [-0.39, 0.29) is 5.56 Å². The third kappa shape index (κ3) is 2.41. The van der Waals surface area contributed by atoms with Gasteiger partial charge in [-0.2, -0.15) is 0 Å². The van der Waals surface area contributed by atoms with Gasteiger partial charge in [-0.05, 0) is 37.3 Å². The van der Waals surface area contributed by atoms with E-state index in [1.54, 1.807) is 19.1 Å². The van der Waals surface area contributed by atoms with E-state index in [4.69, 9.17) is 5.11 Å². The fourth-order valence-corrected chi connectivity index (χ4v) is 1.99. The van der Waals surface area contributed by atoms with Crippen LogP contribution < -0.4 is 0 Å². The molecule has 2 rings (SSSR count). The zero-order valence-corrected chi connectivity index (χ0v) is 11.0. The maximum absolute atomic E-state index is 13.7. The Labute approximate surface area is 111 Å². The van der Waals surface area contributed by atoms with Crippen LogP contribution in [0.5, 0.6) is 0 Å². The molecule has 0 radical (unpaired) electrons. The van der Waals surface area contributed by atoms with E-state index >= 15 is 0 Å². The minimum atomic E-state index is -1.04. The first-order valence-corrected chi connectivity index (χ1v) is 5.94. The van der Waals surface area contributed by atoms with Crippen LogP contribution in [0.2, 0.25) is 0 Å². The molecule has 0 bridgehead atoms. The number of aromatic nitrogens is 1. The molecule has 1 N–H and O–H groups in total. The van der Waals surface area contributed by atoms with E-state index in [0.717, 1.165) is 4.47 Å². The molecule has 0 atom stereocenters. The monoisotopic (exact) mass is 309 g/mol. The summed E-state index contributed by atoms with van der Waals surface area (Å²) in [4.78, 5) is 15.0. The number of hydrogen-bond acceptors (Lipinski definition) is 2. The lowest BCUT2D eigenvalue weighted by atomic mass is 10.1. The normalized spacial score (nSPS) is 10.4. The van der Waals surface area contributed by atoms with E-state index in [2.05, 4.69) is 20.9 Å². The standard InChI is InChI=1S/C13H9BrFNO2/c1-7-9(13(17)18)3-5-12(16-7)10-6-8(14)2-4-11(10)15/h2-6H,1H3,(H,17,18). The molecule has 1 aromatic carbocycles. The van der Waals surface area contributed by atoms with Crippen molar-refractivity contribution in [2.45, 2.75) is 6.92 Å². The van der Waals surface area contributed by atoms with Gasteiger partial charge >= 0.3 is 5.97 Å². The highest BCUT2D eigenvalue weighted by Gasteiger charge is 2.12. The molecule has 0 saturated carbocycles. The van der Waals surface area contributed by atoms with Crippen LogP contribution in [0.4, 0.5) is 4.39 Å². The van der Waals surface area contributed by atoms with Crippen molar-refractivity contribution in [1.82, 2.24) is 4.98 Å². The molecule has 18 heavy (non-hydrogen) atoms. The third-order valence-corrected chi connectivity index (χ3v) is 3.01. The number of carbonyl (C=O) groups is 1. The van der Waals surface area contributed by atoms with Gasteiger partial charge in [0.1, 0.15) is 5.82 Å². The van der Waals surface area contributed by atoms with Crippen LogP contribution in [0.3, 0.4) is 0 Å². The molecule has 1 heterocycles. The summed E-state index contributed by atoms with van der Waals surface area (Å²) >= 11 is 3.26. The minimum Gasteiger partial charge on any atom is -0.478 e. The smallest absolute Gasteiger partial charge is 0.337 e. The second kappa shape index (κ2) is 4.86. The van der Waals surface area contributed by atoms with Crippen molar-refractivity contribution >= 4 is 21.9 Å². The average Bonchev–Trinajstić information content (AvgIpc) is 2.31. The van der Waals surface area contributed by atoms with E-state index in [9.17, 15) is 9.18 Å². The highest BCUT2D eigenvalue weighted by molar-refractivity contribution is 9.10. The maximum Gasteiger partial charge on any atom is 0.337 e. The van der Waals surface area contributed by atoms with Crippen molar-refractivity contribution < 1.29 is 14.3 Å². The fourth-order valence-electron chi connectivity index (χ4n) is 1.63. The molecule has 0 fully saturated rings. The van der Waals surface area contributed by atoms with Crippen LogP contribution >= 0.6 is 15.9 Å². The number of benzene rings is 1. The topological polar surface area (TPSA) is 50.2 Å². The van der Waals surface area contributed by atoms with Crippen molar-refractivity contribution in [3.05, 3.63) is 51.9 Å². The Hall–Kier alpha value is -1.75. The van der Waals surface area contributed by atoms with Crippen LogP contribution in [0.1, 0.15) is 16.1 Å². The lowest BCUT2D eigenvalue weighted by molar-refractivity contribution is 0.0695. The van der Waals surface area contributed by atoms with Gasteiger partial charge < -0.3 is 5.11 Å². The number of hydrogen-bond donors (Lipinski definition) is 1. The largest absolute Gasteiger partial charge is 0.478 e. The summed E-state index contributed by atoms with van der Waals surface area (Å²) in [6.07, 6.45) is 0. The van der Waals surface area contributed by atoms with E-state index in [1.807, 2.05) is 0 Å². The van der Waals surface area contributed by atoms with Gasteiger partial charge in [0.2, 0.25) is 0 Å². The first-order chi connectivity index (χ1) is 8.49. The van der Waals surface area contributed by atoms with Crippen LogP contribution in [0, 0.1) is 12.7 Å². The molecule has 5 heteroatoms. The number of pyridine rings is 1. The second-order valence-electron chi connectivity index (χ2n) is 3.76. The van der Waals surface area contributed by atoms with Crippen molar-refractivity contribution in [2.75, 3.05) is 0 Å². The lowest BCUT2D eigenvalue weighted by Gasteiger charge is -2.06. The van der Waals surface area contributed by atoms with E-state index in [1.165, 1.54) is 18.2 Å². The number of nitrogens with zero attached hydrogens (tertiary/aromatic N) is 1. The van der Waals surface area contributed by atoms with Gasteiger partial charge in [-0.25, -0.2) is 9.18 Å². The second-order valence-corrected chi connectivity index (χ2v) is 4.67. The molecular weight excluding hydrogens is 301 g/mol. The summed E-state index contributed by atoms with van der Waals surface area (Å²) in [5.74, 6) is -1.44. The van der Waals surface area contributed by atoms with E-state index in [0.29, 0.717) is 17.0 Å². The van der Waals surface area contributed by atoms with E-state index < -0.39 is 11.8 Å². The molecule has 2 aromatic rings. The Balaban J connectivity index is 2.55. The fraction of sp³-hybridized carbons (Fsp3) is 0.0769. The average molecular weight is 310 g/mol. The number of rotatable bonds is 2. The molecule has 0 unspecified atom stereocenters. The van der Waals surface area contributed by atoms with Crippen molar-refractivity contribution in [2.24, 2.45) is 0 Å². The Morgan fingerprint density at radius 1 is 1.33 bits per heavy atom. The SMILES string of the molecule is Cc1nc(-c2cc(Br)ccc2F)ccc1C(=O)O. The third-order valence-electron chi connectivity index (χ3n) is 2.52. The van der Waals surface area contributed by atoms with Crippen molar-refractivity contribution in [3.8, 4) is 11.3 Å². The molecule has 0 saturated heterocycles. The summed E-state index contributed by atoms with van der Waals surface area (Å²) in [5.41, 5.74) is 1.23. The quantitative estimate of drug-likeness (QED) is 0.921. The van der Waals surface area contributed by atoms with Gasteiger partial charge in [0.25, 0.3) is 0 Å². The van der Waals surface area contributed by atoms with Crippen LogP contribution in [0.15, 0.2) is 34.8 Å². The van der Waals surface area contributed by atoms with Gasteiger partial charge in [0.15, 0.2) is 0 Å². The van der Waals surface area contributed by atoms with Gasteiger partial charge in [-0.15, -0.1) is 0 Å². The molecule has 0 aliphatic carbocycles. The predicted molar refractivity (Wildman–Crippen MR) is 69.0 cm³/mol. The molecule has 0 amide bonds. The summed E-state index contributed by atoms with van der Waals surface area (Å²) < 4.78 is 14.4. The van der Waals surface area contributed by atoms with Crippen LogP contribution in [-0.4, -0.2) is 16.1 Å². The molecular formula is C13H9BrFNO2. The summed E-state index contributed by atoms with van der Waals surface area (Å²) in [6.45, 7) is 1.59. The first-order valence-electron chi connectivity index (χ1n) is 5.15. The van der Waals surface area contributed by atoms with Gasteiger partial charge in [0.05, 0.1) is 17.0 Å². The molecule has 92 valence electrons. The van der Waals surface area contributed by atoms with Crippen LogP contribution in [0.25, 0.3) is 11.3 Å².